The van der Waals surface area contributed by atoms with Crippen LogP contribution in [0.1, 0.15) is 35.8 Å². The van der Waals surface area contributed by atoms with E-state index in [1.165, 1.54) is 11.1 Å². The third kappa shape index (κ3) is 3.16. The van der Waals surface area contributed by atoms with Crippen molar-refractivity contribution in [3.05, 3.63) is 47.2 Å². The van der Waals surface area contributed by atoms with Crippen LogP contribution in [0.2, 0.25) is 0 Å². The van der Waals surface area contributed by atoms with Gasteiger partial charge in [-0.15, -0.1) is 0 Å². The zero-order valence-corrected chi connectivity index (χ0v) is 17.5. The molecule has 2 aliphatic rings. The summed E-state index contributed by atoms with van der Waals surface area (Å²) in [6, 6.07) is 2.90. The number of amides is 1. The lowest BCUT2D eigenvalue weighted by molar-refractivity contribution is 0.179. The molecule has 5 rings (SSSR count). The van der Waals surface area contributed by atoms with E-state index in [1.807, 2.05) is 6.92 Å². The van der Waals surface area contributed by atoms with Gasteiger partial charge in [0.15, 0.2) is 5.82 Å². The van der Waals surface area contributed by atoms with Crippen LogP contribution >= 0.6 is 0 Å². The van der Waals surface area contributed by atoms with Crippen LogP contribution in [0.3, 0.4) is 0 Å². The summed E-state index contributed by atoms with van der Waals surface area (Å²) < 4.78 is 20.7. The molecule has 4 N–H and O–H groups in total. The first-order chi connectivity index (χ1) is 15.4. The molecule has 1 fully saturated rings. The number of aliphatic hydroxyl groups excluding tert-OH is 1. The first kappa shape index (κ1) is 20.6. The minimum absolute atomic E-state index is 0.0666. The zero-order chi connectivity index (χ0) is 22.6. The number of nitrogens with two attached hydrogens (primary N) is 1. The maximum absolute atomic E-state index is 15.3. The van der Waals surface area contributed by atoms with E-state index in [1.54, 1.807) is 18.3 Å². The van der Waals surface area contributed by atoms with Crippen molar-refractivity contribution in [2.24, 2.45) is 0 Å². The quantitative estimate of drug-likeness (QED) is 0.534. The van der Waals surface area contributed by atoms with Crippen molar-refractivity contribution in [1.29, 1.82) is 0 Å². The highest BCUT2D eigenvalue weighted by Gasteiger charge is 2.30. The topological polar surface area (TPSA) is 122 Å². The number of fused-ring (bicyclic) bond motifs is 2. The average molecular weight is 438 g/mol. The standard InChI is InChI=1S/C23H23FN4O4/c1-11-15(8-26-17-2-3-18(29)20(11)17)14-6-12-7-19(27-9-16(12)22(25)21(14)24)28(23(30)31)13-4-5-32-10-13/h6-9,13,18,29H,2-5,10,25H2,1H3,(H,30,31). The summed E-state index contributed by atoms with van der Waals surface area (Å²) >= 11 is 0. The van der Waals surface area contributed by atoms with E-state index < -0.39 is 18.0 Å². The van der Waals surface area contributed by atoms with Gasteiger partial charge in [0.2, 0.25) is 0 Å². The van der Waals surface area contributed by atoms with Crippen LogP contribution in [-0.2, 0) is 11.2 Å². The van der Waals surface area contributed by atoms with Crippen molar-refractivity contribution in [3.8, 4) is 11.1 Å². The predicted molar refractivity (Wildman–Crippen MR) is 117 cm³/mol. The number of nitrogen functional groups attached to an aromatic ring is 1. The van der Waals surface area contributed by atoms with Gasteiger partial charge >= 0.3 is 6.09 Å². The van der Waals surface area contributed by atoms with Crippen LogP contribution in [0.25, 0.3) is 21.9 Å². The van der Waals surface area contributed by atoms with Gasteiger partial charge in [-0.3, -0.25) is 9.88 Å². The number of aromatic nitrogens is 2. The molecular weight excluding hydrogens is 415 g/mol. The Bertz CT molecular complexity index is 1240. The number of aliphatic hydroxyl groups is 1. The van der Waals surface area contributed by atoms with E-state index in [9.17, 15) is 15.0 Å². The SMILES string of the molecule is Cc1c(-c2cc3cc(N(C(=O)O)C4CCOC4)ncc3c(N)c2F)cnc2c1C(O)CC2. The fourth-order valence-corrected chi connectivity index (χ4v) is 4.78. The minimum atomic E-state index is -1.13. The van der Waals surface area contributed by atoms with Gasteiger partial charge in [0.1, 0.15) is 5.82 Å². The number of hydrogen-bond donors (Lipinski definition) is 3. The molecule has 1 aromatic carbocycles. The van der Waals surface area contributed by atoms with Gasteiger partial charge in [-0.25, -0.2) is 14.2 Å². The van der Waals surface area contributed by atoms with Crippen molar-refractivity contribution in [3.63, 3.8) is 0 Å². The molecule has 1 saturated heterocycles. The van der Waals surface area contributed by atoms with Crippen molar-refractivity contribution in [1.82, 2.24) is 9.97 Å². The lowest BCUT2D eigenvalue weighted by atomic mass is 9.94. The molecule has 166 valence electrons. The highest BCUT2D eigenvalue weighted by molar-refractivity contribution is 5.99. The molecule has 0 bridgehead atoms. The monoisotopic (exact) mass is 438 g/mol. The highest BCUT2D eigenvalue weighted by Crippen LogP contribution is 2.40. The van der Waals surface area contributed by atoms with Gasteiger partial charge in [0, 0.05) is 46.8 Å². The summed E-state index contributed by atoms with van der Waals surface area (Å²) in [5.74, 6) is -0.361. The Morgan fingerprint density at radius 3 is 2.78 bits per heavy atom. The van der Waals surface area contributed by atoms with Crippen molar-refractivity contribution < 1.29 is 24.1 Å². The summed E-state index contributed by atoms with van der Waals surface area (Å²) in [7, 11) is 0. The maximum Gasteiger partial charge on any atom is 0.413 e. The number of hydrogen-bond acceptors (Lipinski definition) is 6. The molecule has 3 aromatic rings. The van der Waals surface area contributed by atoms with Crippen LogP contribution in [0.15, 0.2) is 24.5 Å². The van der Waals surface area contributed by atoms with Crippen LogP contribution in [0, 0.1) is 12.7 Å². The fourth-order valence-electron chi connectivity index (χ4n) is 4.78. The predicted octanol–water partition coefficient (Wildman–Crippen LogP) is 3.58. The number of aryl methyl sites for hydroxylation is 1. The number of pyridine rings is 2. The van der Waals surface area contributed by atoms with Crippen LogP contribution < -0.4 is 10.6 Å². The number of rotatable bonds is 3. The molecule has 2 aromatic heterocycles. The van der Waals surface area contributed by atoms with E-state index in [4.69, 9.17) is 10.5 Å². The Morgan fingerprint density at radius 2 is 2.06 bits per heavy atom. The first-order valence-electron chi connectivity index (χ1n) is 10.5. The molecule has 0 radical (unpaired) electrons. The number of ether oxygens (including phenoxy) is 1. The normalized spacial score (nSPS) is 20.0. The lowest BCUT2D eigenvalue weighted by Crippen LogP contribution is -2.40. The van der Waals surface area contributed by atoms with E-state index in [0.29, 0.717) is 48.8 Å². The second-order valence-electron chi connectivity index (χ2n) is 8.30. The lowest BCUT2D eigenvalue weighted by Gasteiger charge is -2.24. The van der Waals surface area contributed by atoms with Gasteiger partial charge in [-0.05, 0) is 49.3 Å². The molecule has 2 atom stereocenters. The van der Waals surface area contributed by atoms with Gasteiger partial charge in [-0.2, -0.15) is 0 Å². The summed E-state index contributed by atoms with van der Waals surface area (Å²) in [5.41, 5.74) is 9.20. The molecular formula is C23H23FN4O4. The van der Waals surface area contributed by atoms with E-state index in [-0.39, 0.29) is 23.1 Å². The number of carboxylic acid groups (broad SMARTS) is 1. The summed E-state index contributed by atoms with van der Waals surface area (Å²) in [5, 5.41) is 21.1. The summed E-state index contributed by atoms with van der Waals surface area (Å²) in [6.45, 7) is 2.63. The number of anilines is 2. The second kappa shape index (κ2) is 7.68. The smallest absolute Gasteiger partial charge is 0.413 e. The van der Waals surface area contributed by atoms with E-state index in [2.05, 4.69) is 9.97 Å². The van der Waals surface area contributed by atoms with Crippen molar-refractivity contribution >= 4 is 28.4 Å². The molecule has 9 heteroatoms. The van der Waals surface area contributed by atoms with Gasteiger partial charge in [-0.1, -0.05) is 0 Å². The van der Waals surface area contributed by atoms with Crippen LogP contribution in [0.5, 0.6) is 0 Å². The Balaban J connectivity index is 1.66. The van der Waals surface area contributed by atoms with Crippen molar-refractivity contribution in [2.75, 3.05) is 23.8 Å². The third-order valence-corrected chi connectivity index (χ3v) is 6.45. The largest absolute Gasteiger partial charge is 0.465 e. The van der Waals surface area contributed by atoms with Crippen molar-refractivity contribution in [2.45, 2.75) is 38.3 Å². The Labute approximate surface area is 183 Å². The highest BCUT2D eigenvalue weighted by atomic mass is 19.1. The minimum Gasteiger partial charge on any atom is -0.465 e. The number of halogens is 1. The molecule has 1 aliphatic heterocycles. The first-order valence-corrected chi connectivity index (χ1v) is 10.5. The Morgan fingerprint density at radius 1 is 1.25 bits per heavy atom. The molecule has 1 aliphatic carbocycles. The third-order valence-electron chi connectivity index (χ3n) is 6.45. The Hall–Kier alpha value is -3.30. The van der Waals surface area contributed by atoms with Crippen LogP contribution in [0.4, 0.5) is 20.7 Å². The summed E-state index contributed by atoms with van der Waals surface area (Å²) in [4.78, 5) is 21.8. The molecule has 2 unspecified atom stereocenters. The molecule has 0 saturated carbocycles. The van der Waals surface area contributed by atoms with Crippen LogP contribution in [-0.4, -0.2) is 45.5 Å². The van der Waals surface area contributed by atoms with E-state index >= 15 is 4.39 Å². The zero-order valence-electron chi connectivity index (χ0n) is 17.5. The number of carbonyl (C=O) groups is 1. The van der Waals surface area contributed by atoms with Gasteiger partial charge < -0.3 is 20.7 Å². The van der Waals surface area contributed by atoms with Gasteiger partial charge in [0.05, 0.1) is 24.4 Å². The number of nitrogens with zero attached hydrogens (tertiary/aromatic N) is 3. The maximum atomic E-state index is 15.3. The second-order valence-corrected chi connectivity index (χ2v) is 8.30. The molecule has 8 nitrogen and oxygen atoms in total. The number of benzene rings is 1. The molecule has 1 amide bonds. The Kier molecular flexibility index (Phi) is 4.94. The molecule has 0 spiro atoms. The van der Waals surface area contributed by atoms with Gasteiger partial charge in [0.25, 0.3) is 0 Å². The molecule has 3 heterocycles. The summed E-state index contributed by atoms with van der Waals surface area (Å²) in [6.07, 6.45) is 3.12. The molecule has 32 heavy (non-hydrogen) atoms. The fraction of sp³-hybridized carbons (Fsp3) is 0.348. The average Bonchev–Trinajstić information content (AvgIpc) is 3.42. The van der Waals surface area contributed by atoms with E-state index in [0.717, 1.165) is 16.8 Å².